The molecule has 0 bridgehead atoms. The first-order valence-electron chi connectivity index (χ1n) is 9.08. The van der Waals surface area contributed by atoms with Crippen molar-refractivity contribution in [1.82, 2.24) is 4.31 Å². The van der Waals surface area contributed by atoms with Crippen LogP contribution in [0.25, 0.3) is 0 Å². The van der Waals surface area contributed by atoms with Crippen molar-refractivity contribution in [3.63, 3.8) is 0 Å². The molecule has 1 heterocycles. The molecule has 8 heteroatoms. The Kier molecular flexibility index (Phi) is 6.27. The second-order valence-electron chi connectivity index (χ2n) is 6.75. The van der Waals surface area contributed by atoms with Crippen LogP contribution in [0.2, 0.25) is 5.02 Å². The molecule has 1 N–H and O–H groups in total. The van der Waals surface area contributed by atoms with Crippen molar-refractivity contribution >= 4 is 33.2 Å². The minimum atomic E-state index is -3.74. The van der Waals surface area contributed by atoms with Crippen molar-refractivity contribution in [2.75, 3.05) is 25.5 Å². The predicted octanol–water partition coefficient (Wildman–Crippen LogP) is 4.08. The highest BCUT2D eigenvalue weighted by molar-refractivity contribution is 7.89. The summed E-state index contributed by atoms with van der Waals surface area (Å²) in [7, 11) is -2.32. The van der Waals surface area contributed by atoms with E-state index in [0.29, 0.717) is 23.8 Å². The Morgan fingerprint density at radius 2 is 1.82 bits per heavy atom. The number of ether oxygens (including phenoxy) is 1. The van der Waals surface area contributed by atoms with Crippen molar-refractivity contribution in [2.45, 2.75) is 31.1 Å². The molecule has 6 nitrogen and oxygen atoms in total. The van der Waals surface area contributed by atoms with Crippen molar-refractivity contribution in [3.05, 3.63) is 52.5 Å². The second-order valence-corrected chi connectivity index (χ2v) is 9.06. The Labute approximate surface area is 170 Å². The van der Waals surface area contributed by atoms with E-state index in [2.05, 4.69) is 5.32 Å². The van der Waals surface area contributed by atoms with E-state index in [9.17, 15) is 13.2 Å². The van der Waals surface area contributed by atoms with Gasteiger partial charge in [0.15, 0.2) is 0 Å². The zero-order valence-electron chi connectivity index (χ0n) is 15.9. The molecule has 0 atom stereocenters. The van der Waals surface area contributed by atoms with Crippen LogP contribution in [0, 0.1) is 6.92 Å². The molecule has 0 unspecified atom stereocenters. The topological polar surface area (TPSA) is 75.7 Å². The summed E-state index contributed by atoms with van der Waals surface area (Å²) in [5.41, 5.74) is 1.67. The molecule has 150 valence electrons. The molecule has 1 aliphatic rings. The highest BCUT2D eigenvalue weighted by Crippen LogP contribution is 2.30. The van der Waals surface area contributed by atoms with Gasteiger partial charge < -0.3 is 10.1 Å². The molecule has 0 saturated carbocycles. The first kappa shape index (κ1) is 20.6. The van der Waals surface area contributed by atoms with Crippen LogP contribution in [0.15, 0.2) is 41.3 Å². The Bertz CT molecular complexity index is 986. The van der Waals surface area contributed by atoms with E-state index in [0.717, 1.165) is 24.8 Å². The lowest BCUT2D eigenvalue weighted by atomic mass is 10.2. The van der Waals surface area contributed by atoms with Crippen molar-refractivity contribution in [1.29, 1.82) is 0 Å². The van der Waals surface area contributed by atoms with Gasteiger partial charge in [-0.15, -0.1) is 0 Å². The van der Waals surface area contributed by atoms with E-state index >= 15 is 0 Å². The lowest BCUT2D eigenvalue weighted by Crippen LogP contribution is -2.35. The van der Waals surface area contributed by atoms with Crippen LogP contribution in [0.5, 0.6) is 5.75 Å². The standard InChI is InChI=1S/C20H23ClN2O4S/c1-14-6-8-16(13-17(14)21)22-20(24)15-7-9-18(27-2)19(12-15)28(25,26)23-10-4-3-5-11-23/h6-9,12-13H,3-5,10-11H2,1-2H3,(H,22,24). The SMILES string of the molecule is COc1ccc(C(=O)Nc2ccc(C)c(Cl)c2)cc1S(=O)(=O)N1CCCCC1. The quantitative estimate of drug-likeness (QED) is 0.787. The lowest BCUT2D eigenvalue weighted by Gasteiger charge is -2.26. The molecule has 2 aromatic rings. The van der Waals surface area contributed by atoms with Crippen LogP contribution in [0.1, 0.15) is 35.2 Å². The number of anilines is 1. The van der Waals surface area contributed by atoms with Gasteiger partial charge in [0, 0.05) is 29.4 Å². The highest BCUT2D eigenvalue weighted by Gasteiger charge is 2.29. The molecule has 0 aromatic heterocycles. The van der Waals surface area contributed by atoms with Gasteiger partial charge in [0.2, 0.25) is 10.0 Å². The number of carbonyl (C=O) groups is 1. The van der Waals surface area contributed by atoms with Gasteiger partial charge in [0.1, 0.15) is 10.6 Å². The summed E-state index contributed by atoms with van der Waals surface area (Å²) in [6, 6.07) is 9.62. The number of piperidine rings is 1. The zero-order chi connectivity index (χ0) is 20.3. The van der Waals surface area contributed by atoms with Gasteiger partial charge in [-0.05, 0) is 55.7 Å². The number of rotatable bonds is 5. The molecule has 1 saturated heterocycles. The number of hydrogen-bond acceptors (Lipinski definition) is 4. The molecule has 1 aliphatic heterocycles. The van der Waals surface area contributed by atoms with E-state index in [1.165, 1.54) is 23.5 Å². The van der Waals surface area contributed by atoms with Gasteiger partial charge in [0.05, 0.1) is 7.11 Å². The Hall–Kier alpha value is -2.09. The maximum Gasteiger partial charge on any atom is 0.255 e. The number of benzene rings is 2. The minimum absolute atomic E-state index is 0.00601. The third kappa shape index (κ3) is 4.32. The fourth-order valence-electron chi connectivity index (χ4n) is 3.14. The van der Waals surface area contributed by atoms with Crippen LogP contribution in [-0.4, -0.2) is 38.8 Å². The summed E-state index contributed by atoms with van der Waals surface area (Å²) in [6.45, 7) is 2.82. The van der Waals surface area contributed by atoms with Crippen LogP contribution in [-0.2, 0) is 10.0 Å². The molecule has 1 amide bonds. The van der Waals surface area contributed by atoms with Crippen molar-refractivity contribution in [3.8, 4) is 5.75 Å². The first-order chi connectivity index (χ1) is 13.3. The summed E-state index contributed by atoms with van der Waals surface area (Å²) in [5, 5.41) is 3.29. The van der Waals surface area contributed by atoms with Crippen LogP contribution in [0.3, 0.4) is 0 Å². The Balaban J connectivity index is 1.91. The largest absolute Gasteiger partial charge is 0.495 e. The third-order valence-electron chi connectivity index (χ3n) is 4.79. The predicted molar refractivity (Wildman–Crippen MR) is 110 cm³/mol. The van der Waals surface area contributed by atoms with Gasteiger partial charge >= 0.3 is 0 Å². The summed E-state index contributed by atoms with van der Waals surface area (Å²) in [4.78, 5) is 12.7. The monoisotopic (exact) mass is 422 g/mol. The number of nitrogens with one attached hydrogen (secondary N) is 1. The van der Waals surface area contributed by atoms with E-state index in [1.54, 1.807) is 24.3 Å². The number of aryl methyl sites for hydroxylation is 1. The molecule has 0 aliphatic carbocycles. The molecule has 0 spiro atoms. The molecule has 28 heavy (non-hydrogen) atoms. The van der Waals surface area contributed by atoms with E-state index in [-0.39, 0.29) is 16.2 Å². The second kappa shape index (κ2) is 8.51. The molecular weight excluding hydrogens is 400 g/mol. The van der Waals surface area contributed by atoms with Gasteiger partial charge in [-0.2, -0.15) is 4.31 Å². The van der Waals surface area contributed by atoms with Crippen LogP contribution in [0.4, 0.5) is 5.69 Å². The molecule has 2 aromatic carbocycles. The number of hydrogen-bond donors (Lipinski definition) is 1. The smallest absolute Gasteiger partial charge is 0.255 e. The Morgan fingerprint density at radius 3 is 2.46 bits per heavy atom. The number of methoxy groups -OCH3 is 1. The van der Waals surface area contributed by atoms with Crippen LogP contribution >= 0.6 is 11.6 Å². The third-order valence-corrected chi connectivity index (χ3v) is 7.12. The summed E-state index contributed by atoms with van der Waals surface area (Å²) < 4.78 is 32.9. The van der Waals surface area contributed by atoms with Crippen molar-refractivity contribution in [2.24, 2.45) is 0 Å². The fourth-order valence-corrected chi connectivity index (χ4v) is 5.02. The average molecular weight is 423 g/mol. The first-order valence-corrected chi connectivity index (χ1v) is 10.9. The molecule has 1 fully saturated rings. The summed E-state index contributed by atoms with van der Waals surface area (Å²) >= 11 is 6.10. The number of nitrogens with zero attached hydrogens (tertiary/aromatic N) is 1. The maximum atomic E-state index is 13.1. The fraction of sp³-hybridized carbons (Fsp3) is 0.350. The van der Waals surface area contributed by atoms with Gasteiger partial charge in [-0.25, -0.2) is 8.42 Å². The summed E-state index contributed by atoms with van der Waals surface area (Å²) in [5.74, 6) is -0.196. The number of amides is 1. The van der Waals surface area contributed by atoms with Gasteiger partial charge in [-0.1, -0.05) is 24.1 Å². The average Bonchev–Trinajstić information content (AvgIpc) is 2.71. The lowest BCUT2D eigenvalue weighted by molar-refractivity contribution is 0.102. The number of halogens is 1. The van der Waals surface area contributed by atoms with Crippen molar-refractivity contribution < 1.29 is 17.9 Å². The van der Waals surface area contributed by atoms with Crippen LogP contribution < -0.4 is 10.1 Å². The molecule has 3 rings (SSSR count). The molecule has 0 radical (unpaired) electrons. The van der Waals surface area contributed by atoms with Gasteiger partial charge in [0.25, 0.3) is 5.91 Å². The summed E-state index contributed by atoms with van der Waals surface area (Å²) in [6.07, 6.45) is 2.68. The zero-order valence-corrected chi connectivity index (χ0v) is 17.4. The van der Waals surface area contributed by atoms with E-state index in [1.807, 2.05) is 6.92 Å². The Morgan fingerprint density at radius 1 is 1.11 bits per heavy atom. The van der Waals surface area contributed by atoms with E-state index in [4.69, 9.17) is 16.3 Å². The van der Waals surface area contributed by atoms with Gasteiger partial charge in [-0.3, -0.25) is 4.79 Å². The number of carbonyl (C=O) groups excluding carboxylic acids is 1. The molecular formula is C20H23ClN2O4S. The minimum Gasteiger partial charge on any atom is -0.495 e. The highest BCUT2D eigenvalue weighted by atomic mass is 35.5. The maximum absolute atomic E-state index is 13.1. The van der Waals surface area contributed by atoms with E-state index < -0.39 is 15.9 Å². The normalized spacial score (nSPS) is 15.2. The number of sulfonamides is 1.